The van der Waals surface area contributed by atoms with E-state index in [0.29, 0.717) is 11.1 Å². The summed E-state index contributed by atoms with van der Waals surface area (Å²) >= 11 is 0. The van der Waals surface area contributed by atoms with Crippen LogP contribution < -0.4 is 0 Å². The van der Waals surface area contributed by atoms with Gasteiger partial charge < -0.3 is 10.2 Å². The molecule has 0 saturated heterocycles. The average molecular weight is 348 g/mol. The van der Waals surface area contributed by atoms with Gasteiger partial charge in [0.15, 0.2) is 0 Å². The molecule has 0 spiro atoms. The molecule has 0 heterocycles. The number of carboxylic acid groups (broad SMARTS) is 2. The minimum absolute atomic E-state index is 0.0625. The molecule has 4 heteroatoms. The minimum atomic E-state index is -1.35. The van der Waals surface area contributed by atoms with Gasteiger partial charge in [-0.3, -0.25) is 4.79 Å². The summed E-state index contributed by atoms with van der Waals surface area (Å²) in [5, 5.41) is 19.2. The summed E-state index contributed by atoms with van der Waals surface area (Å²) in [6, 6.07) is 17.4. The highest BCUT2D eigenvalue weighted by Crippen LogP contribution is 2.38. The van der Waals surface area contributed by atoms with E-state index in [-0.39, 0.29) is 12.0 Å². The number of allylic oxidation sites excluding steroid dienone is 2. The molecule has 0 amide bonds. The van der Waals surface area contributed by atoms with Crippen LogP contribution in [0.25, 0.3) is 0 Å². The number of aliphatic carboxylic acids is 2. The van der Waals surface area contributed by atoms with Crippen molar-refractivity contribution in [2.45, 2.75) is 25.2 Å². The normalized spacial score (nSPS) is 19.4. The lowest BCUT2D eigenvalue weighted by atomic mass is 9.71. The zero-order valence-corrected chi connectivity index (χ0v) is 14.5. The van der Waals surface area contributed by atoms with Crippen LogP contribution in [0.4, 0.5) is 0 Å². The fraction of sp³-hybridized carbons (Fsp3) is 0.182. The Morgan fingerprint density at radius 3 is 2.15 bits per heavy atom. The average Bonchev–Trinajstić information content (AvgIpc) is 2.62. The van der Waals surface area contributed by atoms with Gasteiger partial charge in [-0.2, -0.15) is 0 Å². The van der Waals surface area contributed by atoms with Crippen LogP contribution in [0, 0.1) is 0 Å². The molecule has 4 nitrogen and oxygen atoms in total. The van der Waals surface area contributed by atoms with Crippen molar-refractivity contribution in [3.63, 3.8) is 0 Å². The van der Waals surface area contributed by atoms with Crippen molar-refractivity contribution in [3.8, 4) is 0 Å². The molecule has 1 unspecified atom stereocenters. The summed E-state index contributed by atoms with van der Waals surface area (Å²) < 4.78 is 0. The van der Waals surface area contributed by atoms with E-state index in [9.17, 15) is 19.8 Å². The number of carboxylic acids is 2. The lowest BCUT2D eigenvalue weighted by Gasteiger charge is -2.30. The summed E-state index contributed by atoms with van der Waals surface area (Å²) in [4.78, 5) is 23.5. The highest BCUT2D eigenvalue weighted by atomic mass is 16.4. The van der Waals surface area contributed by atoms with Gasteiger partial charge in [0, 0.05) is 12.0 Å². The maximum Gasteiger partial charge on any atom is 0.331 e. The van der Waals surface area contributed by atoms with Gasteiger partial charge >= 0.3 is 11.9 Å². The van der Waals surface area contributed by atoms with Crippen molar-refractivity contribution in [2.75, 3.05) is 0 Å². The topological polar surface area (TPSA) is 74.6 Å². The van der Waals surface area contributed by atoms with Crippen LogP contribution in [-0.4, -0.2) is 22.2 Å². The van der Waals surface area contributed by atoms with Crippen LogP contribution >= 0.6 is 0 Å². The molecule has 26 heavy (non-hydrogen) atoms. The molecule has 3 rings (SSSR count). The van der Waals surface area contributed by atoms with Gasteiger partial charge in [-0.1, -0.05) is 66.2 Å². The molecule has 1 aliphatic carbocycles. The van der Waals surface area contributed by atoms with Gasteiger partial charge in [0.25, 0.3) is 0 Å². The molecule has 0 radical (unpaired) electrons. The van der Waals surface area contributed by atoms with Crippen LogP contribution in [0.15, 0.2) is 77.9 Å². The molecule has 1 atom stereocenters. The lowest BCUT2D eigenvalue weighted by molar-refractivity contribution is -0.142. The third-order valence-corrected chi connectivity index (χ3v) is 4.72. The van der Waals surface area contributed by atoms with Crippen LogP contribution in [-0.2, 0) is 21.4 Å². The predicted octanol–water partition coefficient (Wildman–Crippen LogP) is 3.96. The summed E-state index contributed by atoms with van der Waals surface area (Å²) in [7, 11) is 0. The maximum absolute atomic E-state index is 12.1. The second kappa shape index (κ2) is 7.00. The Morgan fingerprint density at radius 2 is 1.58 bits per heavy atom. The summed E-state index contributed by atoms with van der Waals surface area (Å²) in [5.74, 6) is -2.12. The Morgan fingerprint density at radius 1 is 0.962 bits per heavy atom. The Hall–Kier alpha value is -3.14. The van der Waals surface area contributed by atoms with Gasteiger partial charge in [-0.15, -0.1) is 0 Å². The highest BCUT2D eigenvalue weighted by Gasteiger charge is 2.42. The summed E-state index contributed by atoms with van der Waals surface area (Å²) in [5.41, 5.74) is 2.25. The lowest BCUT2D eigenvalue weighted by Crippen LogP contribution is -2.37. The molecule has 2 aromatic carbocycles. The first-order valence-electron chi connectivity index (χ1n) is 8.41. The van der Waals surface area contributed by atoms with Crippen LogP contribution in [0.5, 0.6) is 0 Å². The molecule has 0 bridgehead atoms. The molecule has 0 aliphatic heterocycles. The second-order valence-corrected chi connectivity index (χ2v) is 6.68. The Kier molecular flexibility index (Phi) is 4.76. The third-order valence-electron chi connectivity index (χ3n) is 4.72. The molecule has 0 fully saturated rings. The zero-order chi connectivity index (χ0) is 18.7. The van der Waals surface area contributed by atoms with E-state index in [1.165, 1.54) is 11.6 Å². The van der Waals surface area contributed by atoms with E-state index >= 15 is 0 Å². The van der Waals surface area contributed by atoms with E-state index in [1.807, 2.05) is 42.5 Å². The van der Waals surface area contributed by atoms with Crippen LogP contribution in [0.1, 0.15) is 30.0 Å². The number of hydrogen-bond acceptors (Lipinski definition) is 2. The Labute approximate surface area is 152 Å². The van der Waals surface area contributed by atoms with Gasteiger partial charge in [0.1, 0.15) is 5.41 Å². The molecular weight excluding hydrogens is 328 g/mol. The van der Waals surface area contributed by atoms with Gasteiger partial charge in [-0.05, 0) is 36.1 Å². The monoisotopic (exact) mass is 348 g/mol. The van der Waals surface area contributed by atoms with Crippen LogP contribution in [0.3, 0.4) is 0 Å². The second-order valence-electron chi connectivity index (χ2n) is 6.68. The van der Waals surface area contributed by atoms with Gasteiger partial charge in [-0.25, -0.2) is 4.79 Å². The van der Waals surface area contributed by atoms with Gasteiger partial charge in [0.05, 0.1) is 0 Å². The SMILES string of the molecule is CC1=CC(C(=O)O)(c2ccc(Cc3ccccc3)cc2)CC(C(=O)O)=C1. The quantitative estimate of drug-likeness (QED) is 0.858. The number of carbonyl (C=O) groups is 2. The minimum Gasteiger partial charge on any atom is -0.480 e. The third kappa shape index (κ3) is 3.45. The molecular formula is C22H20O4. The molecule has 2 N–H and O–H groups in total. The molecule has 132 valence electrons. The standard InChI is InChI=1S/C22H20O4/c1-15-11-18(20(23)24)14-22(13-15,21(25)26)19-9-7-17(8-10-19)12-16-5-3-2-4-6-16/h2-11,13H,12,14H2,1H3,(H,23,24)(H,25,26). The van der Waals surface area contributed by atoms with E-state index in [1.54, 1.807) is 25.1 Å². The predicted molar refractivity (Wildman–Crippen MR) is 99.1 cm³/mol. The van der Waals surface area contributed by atoms with E-state index in [0.717, 1.165) is 12.0 Å². The Bertz CT molecular complexity index is 891. The fourth-order valence-electron chi connectivity index (χ4n) is 3.44. The first kappa shape index (κ1) is 17.7. The number of hydrogen-bond donors (Lipinski definition) is 2. The van der Waals surface area contributed by atoms with Crippen LogP contribution in [0.2, 0.25) is 0 Å². The van der Waals surface area contributed by atoms with Gasteiger partial charge in [0.2, 0.25) is 0 Å². The van der Waals surface area contributed by atoms with Crippen molar-refractivity contribution in [2.24, 2.45) is 0 Å². The van der Waals surface area contributed by atoms with Crippen molar-refractivity contribution in [1.82, 2.24) is 0 Å². The number of benzene rings is 2. The first-order valence-corrected chi connectivity index (χ1v) is 8.41. The highest BCUT2D eigenvalue weighted by molar-refractivity contribution is 5.93. The van der Waals surface area contributed by atoms with E-state index in [4.69, 9.17) is 0 Å². The Balaban J connectivity index is 1.94. The van der Waals surface area contributed by atoms with E-state index < -0.39 is 17.4 Å². The zero-order valence-electron chi connectivity index (χ0n) is 14.5. The molecule has 1 aliphatic rings. The largest absolute Gasteiger partial charge is 0.480 e. The van der Waals surface area contributed by atoms with E-state index in [2.05, 4.69) is 0 Å². The molecule has 0 aromatic heterocycles. The number of rotatable bonds is 5. The van der Waals surface area contributed by atoms with Crippen molar-refractivity contribution < 1.29 is 19.8 Å². The maximum atomic E-state index is 12.1. The molecule has 0 saturated carbocycles. The molecule has 2 aromatic rings. The summed E-state index contributed by atoms with van der Waals surface area (Å²) in [6.07, 6.45) is 3.88. The first-order chi connectivity index (χ1) is 12.4. The fourth-order valence-corrected chi connectivity index (χ4v) is 3.44. The smallest absolute Gasteiger partial charge is 0.331 e. The summed E-state index contributed by atoms with van der Waals surface area (Å²) in [6.45, 7) is 1.73. The van der Waals surface area contributed by atoms with Crippen molar-refractivity contribution in [3.05, 3.63) is 94.6 Å². The van der Waals surface area contributed by atoms with Crippen molar-refractivity contribution in [1.29, 1.82) is 0 Å². The van der Waals surface area contributed by atoms with Crippen molar-refractivity contribution >= 4 is 11.9 Å².